The van der Waals surface area contributed by atoms with E-state index in [-0.39, 0.29) is 6.04 Å². The van der Waals surface area contributed by atoms with E-state index in [0.29, 0.717) is 12.0 Å². The second-order valence-corrected chi connectivity index (χ2v) is 6.86. The molecule has 3 heterocycles. The van der Waals surface area contributed by atoms with E-state index in [2.05, 4.69) is 58.7 Å². The van der Waals surface area contributed by atoms with Crippen molar-refractivity contribution in [1.82, 2.24) is 24.9 Å². The number of pyridine rings is 1. The van der Waals surface area contributed by atoms with Crippen molar-refractivity contribution in [3.8, 4) is 0 Å². The second-order valence-electron chi connectivity index (χ2n) is 6.86. The molecule has 0 aliphatic carbocycles. The molecule has 2 aromatic rings. The van der Waals surface area contributed by atoms with E-state index in [1.165, 1.54) is 5.56 Å². The van der Waals surface area contributed by atoms with Crippen LogP contribution in [0.1, 0.15) is 63.0 Å². The predicted octanol–water partition coefficient (Wildman–Crippen LogP) is 3.03. The Kier molecular flexibility index (Phi) is 5.26. The van der Waals surface area contributed by atoms with Crippen molar-refractivity contribution in [3.05, 3.63) is 41.8 Å². The Labute approximate surface area is 143 Å². The summed E-state index contributed by atoms with van der Waals surface area (Å²) in [7, 11) is 0. The molecule has 6 nitrogen and oxygen atoms in total. The van der Waals surface area contributed by atoms with Crippen LogP contribution in [-0.4, -0.2) is 51.1 Å². The molecule has 6 heteroatoms. The van der Waals surface area contributed by atoms with Crippen LogP contribution in [0.15, 0.2) is 29.0 Å². The van der Waals surface area contributed by atoms with Crippen molar-refractivity contribution >= 4 is 0 Å². The molecular weight excluding hydrogens is 302 g/mol. The maximum atomic E-state index is 5.46. The molecule has 24 heavy (non-hydrogen) atoms. The first-order valence-electron chi connectivity index (χ1n) is 8.77. The third-order valence-corrected chi connectivity index (χ3v) is 4.94. The first-order chi connectivity index (χ1) is 11.6. The SMILES string of the molecule is CC(C)c1noc([C@@H](C)N2CCN([C@H](C)c3cccnc3)CC2)n1. The lowest BCUT2D eigenvalue weighted by atomic mass is 10.1. The van der Waals surface area contributed by atoms with Gasteiger partial charge in [-0.3, -0.25) is 14.8 Å². The van der Waals surface area contributed by atoms with Gasteiger partial charge in [-0.15, -0.1) is 0 Å². The Morgan fingerprint density at radius 3 is 2.21 bits per heavy atom. The first kappa shape index (κ1) is 17.0. The minimum absolute atomic E-state index is 0.167. The molecule has 0 radical (unpaired) electrons. The summed E-state index contributed by atoms with van der Waals surface area (Å²) in [5, 5.41) is 4.08. The fourth-order valence-electron chi connectivity index (χ4n) is 3.15. The van der Waals surface area contributed by atoms with E-state index in [1.807, 2.05) is 18.5 Å². The molecule has 2 aromatic heterocycles. The van der Waals surface area contributed by atoms with Gasteiger partial charge in [-0.05, 0) is 25.5 Å². The van der Waals surface area contributed by atoms with Crippen molar-refractivity contribution in [2.24, 2.45) is 0 Å². The number of nitrogens with zero attached hydrogens (tertiary/aromatic N) is 5. The summed E-state index contributed by atoms with van der Waals surface area (Å²) in [6, 6.07) is 4.72. The van der Waals surface area contributed by atoms with Crippen LogP contribution in [0.2, 0.25) is 0 Å². The second kappa shape index (κ2) is 7.40. The molecule has 0 unspecified atom stereocenters. The topological polar surface area (TPSA) is 58.3 Å². The molecule has 0 N–H and O–H groups in total. The Bertz CT molecular complexity index is 634. The van der Waals surface area contributed by atoms with Crippen molar-refractivity contribution in [2.45, 2.75) is 45.7 Å². The number of hydrogen-bond acceptors (Lipinski definition) is 6. The molecule has 2 atom stereocenters. The van der Waals surface area contributed by atoms with Gasteiger partial charge in [-0.2, -0.15) is 4.98 Å². The molecule has 1 aliphatic heterocycles. The minimum atomic E-state index is 0.167. The van der Waals surface area contributed by atoms with E-state index in [4.69, 9.17) is 4.52 Å². The zero-order valence-electron chi connectivity index (χ0n) is 15.0. The molecule has 1 aliphatic rings. The van der Waals surface area contributed by atoms with Crippen LogP contribution in [0.25, 0.3) is 0 Å². The van der Waals surface area contributed by atoms with Gasteiger partial charge in [-0.1, -0.05) is 25.1 Å². The smallest absolute Gasteiger partial charge is 0.243 e. The van der Waals surface area contributed by atoms with Crippen molar-refractivity contribution in [1.29, 1.82) is 0 Å². The molecule has 3 rings (SSSR count). The third-order valence-electron chi connectivity index (χ3n) is 4.94. The number of hydrogen-bond donors (Lipinski definition) is 0. The van der Waals surface area contributed by atoms with Crippen LogP contribution in [0, 0.1) is 0 Å². The highest BCUT2D eigenvalue weighted by molar-refractivity contribution is 5.13. The lowest BCUT2D eigenvalue weighted by Gasteiger charge is -2.39. The highest BCUT2D eigenvalue weighted by Gasteiger charge is 2.28. The van der Waals surface area contributed by atoms with E-state index >= 15 is 0 Å². The highest BCUT2D eigenvalue weighted by atomic mass is 16.5. The van der Waals surface area contributed by atoms with Gasteiger partial charge in [0.15, 0.2) is 5.82 Å². The highest BCUT2D eigenvalue weighted by Crippen LogP contribution is 2.25. The third kappa shape index (κ3) is 3.65. The fourth-order valence-corrected chi connectivity index (χ4v) is 3.15. The molecule has 0 amide bonds. The van der Waals surface area contributed by atoms with Crippen LogP contribution in [0.5, 0.6) is 0 Å². The molecule has 0 bridgehead atoms. The Morgan fingerprint density at radius 2 is 1.67 bits per heavy atom. The average Bonchev–Trinajstić information content (AvgIpc) is 3.12. The Morgan fingerprint density at radius 1 is 1.00 bits per heavy atom. The van der Waals surface area contributed by atoms with Crippen LogP contribution >= 0.6 is 0 Å². The standard InChI is InChI=1S/C18H27N5O/c1-13(2)17-20-18(24-21-17)15(4)23-10-8-22(9-11-23)14(3)16-6-5-7-19-12-16/h5-7,12-15H,8-11H2,1-4H3/t14-,15-/m1/s1. The van der Waals surface area contributed by atoms with Gasteiger partial charge in [-0.25, -0.2) is 0 Å². The van der Waals surface area contributed by atoms with Gasteiger partial charge in [0.1, 0.15) is 0 Å². The summed E-state index contributed by atoms with van der Waals surface area (Å²) >= 11 is 0. The van der Waals surface area contributed by atoms with Gasteiger partial charge in [0.2, 0.25) is 5.89 Å². The van der Waals surface area contributed by atoms with Crippen molar-refractivity contribution in [2.75, 3.05) is 26.2 Å². The summed E-state index contributed by atoms with van der Waals surface area (Å²) in [6.07, 6.45) is 3.79. The molecule has 1 saturated heterocycles. The van der Waals surface area contributed by atoms with E-state index in [9.17, 15) is 0 Å². The summed E-state index contributed by atoms with van der Waals surface area (Å²) in [5.41, 5.74) is 1.28. The quantitative estimate of drug-likeness (QED) is 0.840. The number of aromatic nitrogens is 3. The zero-order valence-corrected chi connectivity index (χ0v) is 15.0. The van der Waals surface area contributed by atoms with Gasteiger partial charge < -0.3 is 4.52 Å². The largest absolute Gasteiger partial charge is 0.338 e. The molecular formula is C18H27N5O. The summed E-state index contributed by atoms with van der Waals surface area (Å²) in [6.45, 7) is 12.6. The maximum absolute atomic E-state index is 5.46. The van der Waals surface area contributed by atoms with Crippen molar-refractivity contribution in [3.63, 3.8) is 0 Å². The zero-order chi connectivity index (χ0) is 17.1. The molecule has 0 saturated carbocycles. The van der Waals surface area contributed by atoms with Gasteiger partial charge in [0, 0.05) is 50.5 Å². The summed E-state index contributed by atoms with van der Waals surface area (Å²) in [4.78, 5) is 13.7. The summed E-state index contributed by atoms with van der Waals surface area (Å²) < 4.78 is 5.46. The monoisotopic (exact) mass is 329 g/mol. The van der Waals surface area contributed by atoms with E-state index < -0.39 is 0 Å². The lowest BCUT2D eigenvalue weighted by molar-refractivity contribution is 0.0677. The number of rotatable bonds is 5. The van der Waals surface area contributed by atoms with Crippen molar-refractivity contribution < 1.29 is 4.52 Å². The summed E-state index contributed by atoms with van der Waals surface area (Å²) in [5.74, 6) is 1.82. The first-order valence-corrected chi connectivity index (χ1v) is 8.77. The molecule has 130 valence electrons. The van der Waals surface area contributed by atoms with Crippen LogP contribution in [-0.2, 0) is 0 Å². The normalized spacial score (nSPS) is 19.5. The van der Waals surface area contributed by atoms with Gasteiger partial charge in [0.05, 0.1) is 6.04 Å². The van der Waals surface area contributed by atoms with Crippen LogP contribution < -0.4 is 0 Å². The minimum Gasteiger partial charge on any atom is -0.338 e. The average molecular weight is 329 g/mol. The maximum Gasteiger partial charge on any atom is 0.243 e. The fraction of sp³-hybridized carbons (Fsp3) is 0.611. The Hall–Kier alpha value is -1.79. The van der Waals surface area contributed by atoms with Gasteiger partial charge in [0.25, 0.3) is 0 Å². The molecule has 0 aromatic carbocycles. The van der Waals surface area contributed by atoms with Gasteiger partial charge >= 0.3 is 0 Å². The van der Waals surface area contributed by atoms with Crippen LogP contribution in [0.4, 0.5) is 0 Å². The van der Waals surface area contributed by atoms with E-state index in [1.54, 1.807) is 0 Å². The van der Waals surface area contributed by atoms with E-state index in [0.717, 1.165) is 37.9 Å². The number of piperazine rings is 1. The Balaban J connectivity index is 1.58. The molecule has 1 fully saturated rings. The molecule has 0 spiro atoms. The lowest BCUT2D eigenvalue weighted by Crippen LogP contribution is -2.47. The predicted molar refractivity (Wildman–Crippen MR) is 92.6 cm³/mol. The van der Waals surface area contributed by atoms with Crippen LogP contribution in [0.3, 0.4) is 0 Å².